The molecule has 28 heavy (non-hydrogen) atoms. The molecule has 0 bridgehead atoms. The minimum absolute atomic E-state index is 0.0576. The van der Waals surface area contributed by atoms with Crippen molar-refractivity contribution in [1.82, 2.24) is 5.32 Å². The van der Waals surface area contributed by atoms with Gasteiger partial charge in [-0.2, -0.15) is 13.2 Å². The van der Waals surface area contributed by atoms with Crippen LogP contribution in [-0.4, -0.2) is 27.9 Å². The summed E-state index contributed by atoms with van der Waals surface area (Å²) in [6, 6.07) is 8.13. The van der Waals surface area contributed by atoms with Crippen LogP contribution >= 0.6 is 0 Å². The summed E-state index contributed by atoms with van der Waals surface area (Å²) in [5.41, 5.74) is -1.05. The number of aliphatic carboxylic acids is 1. The molecule has 0 saturated heterocycles. The third kappa shape index (κ3) is 5.53. The van der Waals surface area contributed by atoms with Crippen LogP contribution in [0.1, 0.15) is 16.7 Å². The number of carbonyl (C=O) groups excluding carboxylic acids is 1. The monoisotopic (exact) mass is 396 g/mol. The average Bonchev–Trinajstić information content (AvgIpc) is 2.60. The maximum Gasteiger partial charge on any atom is 0.416 e. The Hall–Kier alpha value is -3.43. The molecule has 2 rings (SSSR count). The first kappa shape index (κ1) is 20.9. The first-order valence-corrected chi connectivity index (χ1v) is 7.98. The lowest BCUT2D eigenvalue weighted by Crippen LogP contribution is -2.43. The molecule has 148 valence electrons. The highest BCUT2D eigenvalue weighted by molar-refractivity contribution is 5.85. The number of nitrogens with zero attached hydrogens (tertiary/aromatic N) is 1. The van der Waals surface area contributed by atoms with E-state index in [9.17, 15) is 38.0 Å². The van der Waals surface area contributed by atoms with Crippen molar-refractivity contribution in [2.24, 2.45) is 0 Å². The second-order valence-electron chi connectivity index (χ2n) is 5.92. The highest BCUT2D eigenvalue weighted by Crippen LogP contribution is 2.29. The quantitative estimate of drug-likeness (QED) is 0.552. The number of hydrogen-bond donors (Lipinski definition) is 2. The largest absolute Gasteiger partial charge is 0.480 e. The van der Waals surface area contributed by atoms with Crippen LogP contribution in [0.2, 0.25) is 0 Å². The van der Waals surface area contributed by atoms with Crippen molar-refractivity contribution in [3.05, 3.63) is 75.3 Å². The summed E-state index contributed by atoms with van der Waals surface area (Å²) < 4.78 is 38.2. The maximum atomic E-state index is 12.7. The molecule has 1 atom stereocenters. The number of rotatable bonds is 7. The third-order valence-corrected chi connectivity index (χ3v) is 3.86. The van der Waals surface area contributed by atoms with Gasteiger partial charge in [-0.3, -0.25) is 14.9 Å². The van der Waals surface area contributed by atoms with Gasteiger partial charge in [0.15, 0.2) is 0 Å². The molecule has 0 spiro atoms. The summed E-state index contributed by atoms with van der Waals surface area (Å²) in [6.07, 6.45) is -5.38. The van der Waals surface area contributed by atoms with Crippen molar-refractivity contribution in [2.45, 2.75) is 25.1 Å². The number of nitro groups is 1. The van der Waals surface area contributed by atoms with E-state index in [2.05, 4.69) is 5.32 Å². The molecule has 0 radical (unpaired) electrons. The summed E-state index contributed by atoms with van der Waals surface area (Å²) >= 11 is 0. The Bertz CT molecular complexity index is 899. The Morgan fingerprint density at radius 1 is 1.14 bits per heavy atom. The van der Waals surface area contributed by atoms with Gasteiger partial charge in [-0.1, -0.05) is 36.4 Å². The van der Waals surface area contributed by atoms with Gasteiger partial charge in [0.05, 0.1) is 16.9 Å². The van der Waals surface area contributed by atoms with Crippen LogP contribution in [0.4, 0.5) is 18.9 Å². The van der Waals surface area contributed by atoms with Gasteiger partial charge in [-0.15, -0.1) is 0 Å². The Balaban J connectivity index is 2.12. The molecule has 10 heteroatoms. The molecule has 0 aliphatic carbocycles. The van der Waals surface area contributed by atoms with Crippen molar-refractivity contribution < 1.29 is 32.8 Å². The van der Waals surface area contributed by atoms with Gasteiger partial charge < -0.3 is 10.4 Å². The van der Waals surface area contributed by atoms with Crippen LogP contribution in [-0.2, 0) is 28.6 Å². The Morgan fingerprint density at radius 2 is 1.82 bits per heavy atom. The third-order valence-electron chi connectivity index (χ3n) is 3.86. The Kier molecular flexibility index (Phi) is 6.34. The average molecular weight is 396 g/mol. The second kappa shape index (κ2) is 8.51. The summed E-state index contributed by atoms with van der Waals surface area (Å²) in [5.74, 6) is -2.24. The number of benzene rings is 2. The molecular formula is C18H15F3N2O5. The zero-order chi connectivity index (χ0) is 20.9. The van der Waals surface area contributed by atoms with E-state index in [0.717, 1.165) is 18.2 Å². The smallest absolute Gasteiger partial charge is 0.416 e. The normalized spacial score (nSPS) is 12.2. The minimum Gasteiger partial charge on any atom is -0.480 e. The molecule has 0 heterocycles. The standard InChI is InChI=1S/C18H15F3N2O5/c19-18(20,21)13-6-3-4-11(8-13)9-16(24)22-14(17(25)26)10-12-5-1-2-7-15(12)23(27)28/h1-8,14H,9-10H2,(H,22,24)(H,25,26)/t14-/m0/s1. The number of amides is 1. The van der Waals surface area contributed by atoms with Crippen molar-refractivity contribution in [1.29, 1.82) is 0 Å². The number of hydrogen-bond acceptors (Lipinski definition) is 4. The molecule has 2 aromatic rings. The molecular weight excluding hydrogens is 381 g/mol. The number of carboxylic acid groups (broad SMARTS) is 1. The van der Waals surface area contributed by atoms with Gasteiger partial charge in [-0.05, 0) is 11.6 Å². The van der Waals surface area contributed by atoms with Gasteiger partial charge in [0.2, 0.25) is 5.91 Å². The molecule has 0 aliphatic heterocycles. The van der Waals surface area contributed by atoms with E-state index in [-0.39, 0.29) is 23.2 Å². The second-order valence-corrected chi connectivity index (χ2v) is 5.92. The number of nitrogens with one attached hydrogen (secondary N) is 1. The molecule has 0 aromatic heterocycles. The summed E-state index contributed by atoms with van der Waals surface area (Å²) in [5, 5.41) is 22.5. The predicted octanol–water partition coefficient (Wildman–Crippen LogP) is 2.97. The summed E-state index contributed by atoms with van der Waals surface area (Å²) in [6.45, 7) is 0. The van der Waals surface area contributed by atoms with Crippen molar-refractivity contribution >= 4 is 17.6 Å². The number of alkyl halides is 3. The Labute approximate surface area is 156 Å². The van der Waals surface area contributed by atoms with Crippen LogP contribution in [0.25, 0.3) is 0 Å². The number of carbonyl (C=O) groups is 2. The highest BCUT2D eigenvalue weighted by Gasteiger charge is 2.30. The number of nitro benzene ring substituents is 1. The van der Waals surface area contributed by atoms with Crippen LogP contribution in [0, 0.1) is 10.1 Å². The van der Waals surface area contributed by atoms with E-state index in [0.29, 0.717) is 0 Å². The number of para-hydroxylation sites is 1. The van der Waals surface area contributed by atoms with Crippen LogP contribution in [0.5, 0.6) is 0 Å². The van der Waals surface area contributed by atoms with E-state index in [1.54, 1.807) is 0 Å². The first-order valence-electron chi connectivity index (χ1n) is 7.98. The van der Waals surface area contributed by atoms with Gasteiger partial charge in [0.1, 0.15) is 6.04 Å². The van der Waals surface area contributed by atoms with E-state index in [4.69, 9.17) is 0 Å². The molecule has 2 aromatic carbocycles. The van der Waals surface area contributed by atoms with Crippen molar-refractivity contribution in [2.75, 3.05) is 0 Å². The topological polar surface area (TPSA) is 110 Å². The highest BCUT2D eigenvalue weighted by atomic mass is 19.4. The fourth-order valence-corrected chi connectivity index (χ4v) is 2.57. The summed E-state index contributed by atoms with van der Waals surface area (Å²) in [7, 11) is 0. The van der Waals surface area contributed by atoms with Gasteiger partial charge in [-0.25, -0.2) is 4.79 Å². The van der Waals surface area contributed by atoms with Gasteiger partial charge >= 0.3 is 12.1 Å². The van der Waals surface area contributed by atoms with Gasteiger partial charge in [0.25, 0.3) is 5.69 Å². The zero-order valence-electron chi connectivity index (χ0n) is 14.3. The minimum atomic E-state index is -4.57. The molecule has 0 unspecified atom stereocenters. The zero-order valence-corrected chi connectivity index (χ0v) is 14.3. The van der Waals surface area contributed by atoms with E-state index in [1.165, 1.54) is 30.3 Å². The van der Waals surface area contributed by atoms with Crippen molar-refractivity contribution in [3.8, 4) is 0 Å². The first-order chi connectivity index (χ1) is 13.1. The predicted molar refractivity (Wildman–Crippen MR) is 91.5 cm³/mol. The molecule has 7 nitrogen and oxygen atoms in total. The summed E-state index contributed by atoms with van der Waals surface area (Å²) in [4.78, 5) is 33.9. The lowest BCUT2D eigenvalue weighted by Gasteiger charge is -2.15. The fourth-order valence-electron chi connectivity index (χ4n) is 2.57. The molecule has 1 amide bonds. The lowest BCUT2D eigenvalue weighted by molar-refractivity contribution is -0.385. The SMILES string of the molecule is O=C(Cc1cccc(C(F)(F)F)c1)N[C@@H](Cc1ccccc1[N+](=O)[O-])C(=O)O. The lowest BCUT2D eigenvalue weighted by atomic mass is 10.0. The fraction of sp³-hybridized carbons (Fsp3) is 0.222. The number of halogens is 3. The van der Waals surface area contributed by atoms with Crippen LogP contribution in [0.15, 0.2) is 48.5 Å². The van der Waals surface area contributed by atoms with Crippen LogP contribution < -0.4 is 5.32 Å². The van der Waals surface area contributed by atoms with E-state index >= 15 is 0 Å². The molecule has 0 fully saturated rings. The van der Waals surface area contributed by atoms with E-state index < -0.39 is 41.0 Å². The molecule has 0 aliphatic rings. The van der Waals surface area contributed by atoms with Crippen LogP contribution in [0.3, 0.4) is 0 Å². The molecule has 0 saturated carbocycles. The Morgan fingerprint density at radius 3 is 2.43 bits per heavy atom. The van der Waals surface area contributed by atoms with Gasteiger partial charge in [0, 0.05) is 18.1 Å². The van der Waals surface area contributed by atoms with Crippen molar-refractivity contribution in [3.63, 3.8) is 0 Å². The maximum absolute atomic E-state index is 12.7. The number of carboxylic acids is 1. The van der Waals surface area contributed by atoms with E-state index in [1.807, 2.05) is 0 Å². The molecule has 2 N–H and O–H groups in total.